The lowest BCUT2D eigenvalue weighted by atomic mass is 10.1. The second kappa shape index (κ2) is 6.28. The number of aromatic hydroxyl groups is 1. The fourth-order valence-corrected chi connectivity index (χ4v) is 2.17. The van der Waals surface area contributed by atoms with E-state index in [1.54, 1.807) is 18.3 Å². The van der Waals surface area contributed by atoms with Gasteiger partial charge in [0.25, 0.3) is 0 Å². The predicted molar refractivity (Wildman–Crippen MR) is 83.5 cm³/mol. The van der Waals surface area contributed by atoms with Crippen molar-refractivity contribution in [2.24, 2.45) is 0 Å². The second-order valence-corrected chi connectivity index (χ2v) is 5.18. The van der Waals surface area contributed by atoms with Crippen LogP contribution in [0.15, 0.2) is 42.6 Å². The van der Waals surface area contributed by atoms with E-state index in [9.17, 15) is 5.11 Å². The molecule has 2 rings (SSSR count). The van der Waals surface area contributed by atoms with Crippen LogP contribution in [0.1, 0.15) is 12.5 Å². The molecule has 0 aliphatic rings. The Bertz CT molecular complexity index is 552. The van der Waals surface area contributed by atoms with Crippen molar-refractivity contribution in [2.75, 3.05) is 24.3 Å². The van der Waals surface area contributed by atoms with E-state index in [0.717, 1.165) is 17.9 Å². The van der Waals surface area contributed by atoms with Crippen LogP contribution >= 0.6 is 0 Å². The van der Waals surface area contributed by atoms with Crippen LogP contribution in [-0.2, 0) is 6.42 Å². The molecule has 0 bridgehead atoms. The van der Waals surface area contributed by atoms with Gasteiger partial charge >= 0.3 is 0 Å². The van der Waals surface area contributed by atoms with Crippen LogP contribution in [0.25, 0.3) is 0 Å². The number of aromatic nitrogens is 1. The summed E-state index contributed by atoms with van der Waals surface area (Å²) >= 11 is 0. The number of nitrogens with zero attached hydrogens (tertiary/aromatic N) is 2. The van der Waals surface area contributed by atoms with Gasteiger partial charge in [-0.2, -0.15) is 0 Å². The highest BCUT2D eigenvalue weighted by molar-refractivity contribution is 5.65. The molecule has 1 heterocycles. The molecule has 4 nitrogen and oxygen atoms in total. The molecule has 4 heteroatoms. The molecule has 0 fully saturated rings. The minimum atomic E-state index is 0.280. The molecule has 2 aromatic rings. The van der Waals surface area contributed by atoms with Crippen molar-refractivity contribution in [3.05, 3.63) is 48.2 Å². The molecule has 1 aromatic heterocycles. The quantitative estimate of drug-likeness (QED) is 0.878. The largest absolute Gasteiger partial charge is 0.508 e. The normalized spacial score (nSPS) is 11.9. The van der Waals surface area contributed by atoms with E-state index in [1.807, 2.05) is 43.3 Å². The van der Waals surface area contributed by atoms with Crippen molar-refractivity contribution in [3.63, 3.8) is 0 Å². The monoisotopic (exact) mass is 271 g/mol. The molecule has 0 aliphatic carbocycles. The van der Waals surface area contributed by atoms with E-state index in [-0.39, 0.29) is 6.04 Å². The number of rotatable bonds is 5. The summed E-state index contributed by atoms with van der Waals surface area (Å²) in [6.45, 7) is 2.14. The van der Waals surface area contributed by atoms with Gasteiger partial charge in [0.05, 0.1) is 5.69 Å². The molecule has 1 unspecified atom stereocenters. The Kier molecular flexibility index (Phi) is 4.45. The van der Waals surface area contributed by atoms with Gasteiger partial charge in [-0.3, -0.25) is 0 Å². The van der Waals surface area contributed by atoms with Crippen molar-refractivity contribution in [3.8, 4) is 5.75 Å². The predicted octanol–water partition coefficient (Wildman–Crippen LogP) is 2.90. The van der Waals surface area contributed by atoms with Crippen LogP contribution in [0.3, 0.4) is 0 Å². The lowest BCUT2D eigenvalue weighted by Gasteiger charge is -2.20. The zero-order chi connectivity index (χ0) is 14.5. The number of anilines is 2. The van der Waals surface area contributed by atoms with Crippen molar-refractivity contribution in [1.29, 1.82) is 0 Å². The number of benzene rings is 1. The van der Waals surface area contributed by atoms with Crippen molar-refractivity contribution in [1.82, 2.24) is 4.98 Å². The topological polar surface area (TPSA) is 48.4 Å². The lowest BCUT2D eigenvalue weighted by molar-refractivity contribution is 0.475. The molecule has 0 saturated carbocycles. The third-order valence-corrected chi connectivity index (χ3v) is 3.09. The van der Waals surface area contributed by atoms with Crippen molar-refractivity contribution in [2.45, 2.75) is 19.4 Å². The zero-order valence-corrected chi connectivity index (χ0v) is 12.2. The average molecular weight is 271 g/mol. The second-order valence-electron chi connectivity index (χ2n) is 5.18. The highest BCUT2D eigenvalue weighted by atomic mass is 16.3. The van der Waals surface area contributed by atoms with Gasteiger partial charge in [0.15, 0.2) is 5.82 Å². The molecule has 0 aliphatic heterocycles. The first kappa shape index (κ1) is 14.2. The molecular weight excluding hydrogens is 250 g/mol. The van der Waals surface area contributed by atoms with Crippen molar-refractivity contribution < 1.29 is 5.11 Å². The molecule has 0 saturated heterocycles. The van der Waals surface area contributed by atoms with Gasteiger partial charge in [-0.05, 0) is 43.2 Å². The summed E-state index contributed by atoms with van der Waals surface area (Å²) in [5.74, 6) is 1.24. The minimum absolute atomic E-state index is 0.280. The van der Waals surface area contributed by atoms with Gasteiger partial charge in [0.1, 0.15) is 5.75 Å². The fraction of sp³-hybridized carbons (Fsp3) is 0.312. The molecule has 1 aromatic carbocycles. The number of hydrogen-bond acceptors (Lipinski definition) is 4. The first-order valence-corrected chi connectivity index (χ1v) is 6.73. The van der Waals surface area contributed by atoms with Crippen LogP contribution in [-0.4, -0.2) is 30.2 Å². The summed E-state index contributed by atoms with van der Waals surface area (Å²) in [6, 6.07) is 11.6. The van der Waals surface area contributed by atoms with E-state index in [1.165, 1.54) is 5.56 Å². The standard InChI is InChI=1S/C16H21N3O/c1-12(11-13-6-8-14(20)9-7-13)18-15-5-4-10-17-16(15)19(2)3/h4-10,12,18,20H,11H2,1-3H3. The van der Waals surface area contributed by atoms with Gasteiger partial charge in [-0.15, -0.1) is 0 Å². The molecule has 20 heavy (non-hydrogen) atoms. The van der Waals surface area contributed by atoms with E-state index >= 15 is 0 Å². The molecule has 0 spiro atoms. The van der Waals surface area contributed by atoms with Gasteiger partial charge in [-0.1, -0.05) is 12.1 Å². The maximum atomic E-state index is 9.29. The SMILES string of the molecule is CC(Cc1ccc(O)cc1)Nc1cccnc1N(C)C. The third-order valence-electron chi connectivity index (χ3n) is 3.09. The average Bonchev–Trinajstić information content (AvgIpc) is 2.41. The summed E-state index contributed by atoms with van der Waals surface area (Å²) in [5.41, 5.74) is 2.22. The number of hydrogen-bond donors (Lipinski definition) is 2. The smallest absolute Gasteiger partial charge is 0.151 e. The lowest BCUT2D eigenvalue weighted by Crippen LogP contribution is -2.21. The Morgan fingerprint density at radius 2 is 1.90 bits per heavy atom. The first-order valence-electron chi connectivity index (χ1n) is 6.73. The number of phenolic OH excluding ortho intramolecular Hbond substituents is 1. The van der Waals surface area contributed by atoms with Crippen LogP contribution in [0.2, 0.25) is 0 Å². The van der Waals surface area contributed by atoms with Gasteiger partial charge < -0.3 is 15.3 Å². The molecule has 2 N–H and O–H groups in total. The molecule has 0 amide bonds. The van der Waals surface area contributed by atoms with Crippen LogP contribution < -0.4 is 10.2 Å². The Morgan fingerprint density at radius 3 is 2.55 bits per heavy atom. The van der Waals surface area contributed by atoms with Crippen LogP contribution in [0, 0.1) is 0 Å². The maximum Gasteiger partial charge on any atom is 0.151 e. The first-order chi connectivity index (χ1) is 9.56. The zero-order valence-electron chi connectivity index (χ0n) is 12.2. The van der Waals surface area contributed by atoms with E-state index in [4.69, 9.17) is 0 Å². The summed E-state index contributed by atoms with van der Waals surface area (Å²) in [5, 5.41) is 12.8. The maximum absolute atomic E-state index is 9.29. The highest BCUT2D eigenvalue weighted by Gasteiger charge is 2.09. The number of nitrogens with one attached hydrogen (secondary N) is 1. The third kappa shape index (κ3) is 3.63. The van der Waals surface area contributed by atoms with Crippen LogP contribution in [0.4, 0.5) is 11.5 Å². The summed E-state index contributed by atoms with van der Waals surface area (Å²) < 4.78 is 0. The summed E-state index contributed by atoms with van der Waals surface area (Å²) in [6.07, 6.45) is 2.69. The highest BCUT2D eigenvalue weighted by Crippen LogP contribution is 2.22. The van der Waals surface area contributed by atoms with Crippen molar-refractivity contribution >= 4 is 11.5 Å². The van der Waals surface area contributed by atoms with E-state index in [0.29, 0.717) is 5.75 Å². The van der Waals surface area contributed by atoms with Gasteiger partial charge in [-0.25, -0.2) is 4.98 Å². The van der Waals surface area contributed by atoms with Gasteiger partial charge in [0.2, 0.25) is 0 Å². The Hall–Kier alpha value is -2.23. The Labute approximate surface area is 120 Å². The summed E-state index contributed by atoms with van der Waals surface area (Å²) in [7, 11) is 3.97. The molecule has 0 radical (unpaired) electrons. The number of phenols is 1. The molecule has 106 valence electrons. The Balaban J connectivity index is 2.04. The fourth-order valence-electron chi connectivity index (χ4n) is 2.17. The minimum Gasteiger partial charge on any atom is -0.508 e. The van der Waals surface area contributed by atoms with Crippen LogP contribution in [0.5, 0.6) is 5.75 Å². The van der Waals surface area contributed by atoms with E-state index < -0.39 is 0 Å². The molecule has 1 atom stereocenters. The van der Waals surface area contributed by atoms with Gasteiger partial charge in [0, 0.05) is 26.3 Å². The number of pyridine rings is 1. The summed E-state index contributed by atoms with van der Waals surface area (Å²) in [4.78, 5) is 6.38. The Morgan fingerprint density at radius 1 is 1.20 bits per heavy atom. The molecular formula is C16H21N3O. The van der Waals surface area contributed by atoms with E-state index in [2.05, 4.69) is 17.2 Å².